The second-order valence-corrected chi connectivity index (χ2v) is 2.32. The van der Waals surface area contributed by atoms with Gasteiger partial charge in [0.2, 0.25) is 0 Å². The fourth-order valence-electron chi connectivity index (χ4n) is 0.595. The minimum atomic E-state index is 0. The molecule has 0 bridgehead atoms. The third kappa shape index (κ3) is 11.6. The van der Waals surface area contributed by atoms with Crippen LogP contribution in [0.15, 0.2) is 0 Å². The molecular weight excluding hydrogens is 321 g/mol. The van der Waals surface area contributed by atoms with E-state index in [2.05, 4.69) is 13.8 Å². The first-order valence-corrected chi connectivity index (χ1v) is 3.99. The topological polar surface area (TPSA) is 9.23 Å². The van der Waals surface area contributed by atoms with Crippen molar-refractivity contribution in [2.75, 3.05) is 13.2 Å². The van der Waals surface area contributed by atoms with Crippen molar-refractivity contribution < 1.29 is 4.74 Å². The molecule has 0 rings (SSSR count). The first-order chi connectivity index (χ1) is 4.41. The Morgan fingerprint density at radius 1 is 0.900 bits per heavy atom. The van der Waals surface area contributed by atoms with E-state index in [4.69, 9.17) is 4.74 Å². The van der Waals surface area contributed by atoms with Crippen LogP contribution in [-0.4, -0.2) is 39.4 Å². The summed E-state index contributed by atoms with van der Waals surface area (Å²) in [5, 5.41) is 0. The van der Waals surface area contributed by atoms with Gasteiger partial charge in [-0.05, 0) is 12.8 Å². The molecule has 0 aromatic rings. The molecule has 0 amide bonds. The molecule has 1 nitrogen and oxygen atoms in total. The van der Waals surface area contributed by atoms with Crippen LogP contribution in [0.25, 0.3) is 0 Å². The second kappa shape index (κ2) is 12.5. The summed E-state index contributed by atoms with van der Waals surface area (Å²) in [6.45, 7) is 6.28. The Kier molecular flexibility index (Phi) is 16.8. The van der Waals surface area contributed by atoms with Crippen molar-refractivity contribution in [3.05, 3.63) is 0 Å². The monoisotopic (exact) mass is 342 g/mol. The van der Waals surface area contributed by atoms with Crippen LogP contribution in [0.2, 0.25) is 0 Å². The van der Waals surface area contributed by atoms with Gasteiger partial charge in [-0.15, -0.1) is 0 Å². The van der Waals surface area contributed by atoms with Crippen LogP contribution in [-0.2, 0) is 4.74 Å². The number of unbranched alkanes of at least 4 members (excludes halogenated alkanes) is 2. The second-order valence-electron chi connectivity index (χ2n) is 2.32. The zero-order chi connectivity index (χ0) is 6.95. The van der Waals surface area contributed by atoms with E-state index in [-0.39, 0.29) is 26.2 Å². The molecule has 0 saturated heterocycles. The molecular formula is C8H21BiO. The predicted molar refractivity (Wildman–Crippen MR) is 50.6 cm³/mol. The van der Waals surface area contributed by atoms with Crippen LogP contribution in [0.3, 0.4) is 0 Å². The first-order valence-electron chi connectivity index (χ1n) is 3.99. The Balaban J connectivity index is 0. The predicted octanol–water partition coefficient (Wildman–Crippen LogP) is 1.42. The van der Waals surface area contributed by atoms with E-state index in [1.54, 1.807) is 0 Å². The minimum absolute atomic E-state index is 0. The first kappa shape index (κ1) is 13.4. The van der Waals surface area contributed by atoms with Gasteiger partial charge in [-0.25, -0.2) is 0 Å². The summed E-state index contributed by atoms with van der Waals surface area (Å²) in [7, 11) is 0. The van der Waals surface area contributed by atoms with Crippen LogP contribution in [0.5, 0.6) is 0 Å². The third-order valence-corrected chi connectivity index (χ3v) is 1.28. The standard InChI is InChI=1S/C8H18O.Bi.3H/c1-3-5-7-9-8-6-4-2;;;;/h3-8H2,1-2H3;;;;. The van der Waals surface area contributed by atoms with Crippen LogP contribution in [0.4, 0.5) is 0 Å². The van der Waals surface area contributed by atoms with E-state index in [1.165, 1.54) is 25.7 Å². The Labute approximate surface area is 83.7 Å². The number of ether oxygens (including phenoxy) is 1. The van der Waals surface area contributed by atoms with Crippen molar-refractivity contribution in [3.8, 4) is 0 Å². The quantitative estimate of drug-likeness (QED) is 0.524. The molecule has 0 aliphatic heterocycles. The van der Waals surface area contributed by atoms with E-state index >= 15 is 0 Å². The van der Waals surface area contributed by atoms with Gasteiger partial charge in [0.15, 0.2) is 0 Å². The van der Waals surface area contributed by atoms with Crippen LogP contribution in [0.1, 0.15) is 39.5 Å². The molecule has 0 fully saturated rings. The fraction of sp³-hybridized carbons (Fsp3) is 1.00. The molecule has 0 aromatic heterocycles. The summed E-state index contributed by atoms with van der Waals surface area (Å²) in [5.74, 6) is 0. The molecule has 0 atom stereocenters. The molecule has 10 heavy (non-hydrogen) atoms. The molecule has 0 aliphatic rings. The van der Waals surface area contributed by atoms with Gasteiger partial charge in [0, 0.05) is 13.2 Å². The Hall–Kier alpha value is 0.843. The van der Waals surface area contributed by atoms with Crippen molar-refractivity contribution in [1.82, 2.24) is 0 Å². The molecule has 0 radical (unpaired) electrons. The van der Waals surface area contributed by atoms with Crippen LogP contribution < -0.4 is 0 Å². The molecule has 0 unspecified atom stereocenters. The van der Waals surface area contributed by atoms with E-state index < -0.39 is 0 Å². The summed E-state index contributed by atoms with van der Waals surface area (Å²) < 4.78 is 5.31. The average Bonchev–Trinajstić information content (AvgIpc) is 1.89. The summed E-state index contributed by atoms with van der Waals surface area (Å²) in [5.41, 5.74) is 0. The molecule has 64 valence electrons. The normalized spacial score (nSPS) is 9.00. The Morgan fingerprint density at radius 2 is 1.30 bits per heavy atom. The number of rotatable bonds is 6. The molecule has 2 heteroatoms. The zero-order valence-corrected chi connectivity index (χ0v) is 12.9. The van der Waals surface area contributed by atoms with Crippen molar-refractivity contribution in [2.45, 2.75) is 39.5 Å². The zero-order valence-electron chi connectivity index (χ0n) is 7.36. The van der Waals surface area contributed by atoms with Gasteiger partial charge < -0.3 is 4.74 Å². The average molecular weight is 342 g/mol. The van der Waals surface area contributed by atoms with Gasteiger partial charge in [-0.1, -0.05) is 26.7 Å². The van der Waals surface area contributed by atoms with Gasteiger partial charge in [0.1, 0.15) is 0 Å². The van der Waals surface area contributed by atoms with Crippen molar-refractivity contribution in [1.29, 1.82) is 0 Å². The van der Waals surface area contributed by atoms with Gasteiger partial charge >= 0.3 is 26.2 Å². The molecule has 0 aliphatic carbocycles. The van der Waals surface area contributed by atoms with Gasteiger partial charge in [-0.3, -0.25) is 0 Å². The van der Waals surface area contributed by atoms with Crippen LogP contribution >= 0.6 is 0 Å². The van der Waals surface area contributed by atoms with Gasteiger partial charge in [0.05, 0.1) is 0 Å². The van der Waals surface area contributed by atoms with E-state index in [0.29, 0.717) is 0 Å². The Bertz CT molecular complexity index is 42.5. The maximum atomic E-state index is 5.31. The molecule has 0 saturated carbocycles. The summed E-state index contributed by atoms with van der Waals surface area (Å²) >= 11 is 0. The summed E-state index contributed by atoms with van der Waals surface area (Å²) in [4.78, 5) is 0. The molecule has 0 heterocycles. The van der Waals surface area contributed by atoms with E-state index in [1.807, 2.05) is 0 Å². The SMILES string of the molecule is CCCCOCCCC.[BiH3]. The molecule has 0 aromatic carbocycles. The Morgan fingerprint density at radius 3 is 1.60 bits per heavy atom. The van der Waals surface area contributed by atoms with Crippen molar-refractivity contribution in [3.63, 3.8) is 0 Å². The summed E-state index contributed by atoms with van der Waals surface area (Å²) in [6, 6.07) is 0. The van der Waals surface area contributed by atoms with E-state index in [9.17, 15) is 0 Å². The maximum absolute atomic E-state index is 5.31. The van der Waals surface area contributed by atoms with Crippen molar-refractivity contribution in [2.24, 2.45) is 0 Å². The summed E-state index contributed by atoms with van der Waals surface area (Å²) in [6.07, 6.45) is 4.91. The third-order valence-electron chi connectivity index (χ3n) is 1.28. The van der Waals surface area contributed by atoms with E-state index in [0.717, 1.165) is 13.2 Å². The molecule has 0 N–H and O–H groups in total. The van der Waals surface area contributed by atoms with Crippen molar-refractivity contribution >= 4 is 26.2 Å². The number of hydrogen-bond donors (Lipinski definition) is 0. The van der Waals surface area contributed by atoms with Crippen LogP contribution in [0, 0.1) is 0 Å². The van der Waals surface area contributed by atoms with Gasteiger partial charge in [-0.2, -0.15) is 0 Å². The van der Waals surface area contributed by atoms with Gasteiger partial charge in [0.25, 0.3) is 0 Å². The molecule has 0 spiro atoms. The number of hydrogen-bond acceptors (Lipinski definition) is 1. The fourth-order valence-corrected chi connectivity index (χ4v) is 0.595.